The molecule has 0 atom stereocenters. The first-order valence-electron chi connectivity index (χ1n) is 5.74. The average Bonchev–Trinajstić information content (AvgIpc) is 2.41. The molecule has 0 aliphatic heterocycles. The van der Waals surface area contributed by atoms with Gasteiger partial charge in [0, 0.05) is 11.0 Å². The number of benzene rings is 2. The van der Waals surface area contributed by atoms with Crippen LogP contribution in [0.25, 0.3) is 0 Å². The molecule has 0 fully saturated rings. The zero-order chi connectivity index (χ0) is 14.7. The van der Waals surface area contributed by atoms with E-state index in [1.807, 2.05) is 0 Å². The number of nitro groups is 1. The molecule has 0 amide bonds. The third-order valence-electron chi connectivity index (χ3n) is 2.73. The molecule has 0 heterocycles. The van der Waals surface area contributed by atoms with Crippen LogP contribution in [0.4, 0.5) is 5.69 Å². The lowest BCUT2D eigenvalue weighted by atomic mass is 10.1. The van der Waals surface area contributed by atoms with E-state index in [9.17, 15) is 14.9 Å². The average molecular weight is 289 g/mol. The van der Waals surface area contributed by atoms with E-state index in [1.165, 1.54) is 23.9 Å². The van der Waals surface area contributed by atoms with Crippen molar-refractivity contribution in [3.63, 3.8) is 0 Å². The van der Waals surface area contributed by atoms with E-state index in [0.717, 1.165) is 0 Å². The second kappa shape index (κ2) is 5.75. The summed E-state index contributed by atoms with van der Waals surface area (Å²) in [6.07, 6.45) is 0. The molecule has 0 bridgehead atoms. The van der Waals surface area contributed by atoms with Crippen molar-refractivity contribution in [2.75, 3.05) is 0 Å². The Bertz CT molecular complexity index is 685. The number of nitro benzene ring substituents is 1. The van der Waals surface area contributed by atoms with Gasteiger partial charge in [0.05, 0.1) is 15.4 Å². The van der Waals surface area contributed by atoms with Gasteiger partial charge in [-0.05, 0) is 30.7 Å². The van der Waals surface area contributed by atoms with Crippen molar-refractivity contribution in [1.82, 2.24) is 0 Å². The molecule has 0 saturated carbocycles. The third-order valence-corrected chi connectivity index (χ3v) is 3.78. The van der Waals surface area contributed by atoms with Crippen LogP contribution in [0.2, 0.25) is 0 Å². The maximum absolute atomic E-state index is 11.1. The van der Waals surface area contributed by atoms with Crippen molar-refractivity contribution in [3.8, 4) is 0 Å². The van der Waals surface area contributed by atoms with E-state index in [-0.39, 0.29) is 11.3 Å². The topological polar surface area (TPSA) is 80.4 Å². The van der Waals surface area contributed by atoms with Crippen LogP contribution in [0, 0.1) is 17.0 Å². The molecule has 0 spiro atoms. The van der Waals surface area contributed by atoms with Gasteiger partial charge in [0.1, 0.15) is 0 Å². The summed E-state index contributed by atoms with van der Waals surface area (Å²) in [5.74, 6) is -1.01. The van der Waals surface area contributed by atoms with E-state index < -0.39 is 10.9 Å². The summed E-state index contributed by atoms with van der Waals surface area (Å²) in [5.41, 5.74) is 0.868. The highest BCUT2D eigenvalue weighted by atomic mass is 32.2. The Hall–Kier alpha value is -2.34. The Morgan fingerprint density at radius 2 is 1.95 bits per heavy atom. The predicted molar refractivity (Wildman–Crippen MR) is 75.4 cm³/mol. The summed E-state index contributed by atoms with van der Waals surface area (Å²) in [4.78, 5) is 22.7. The first-order valence-corrected chi connectivity index (χ1v) is 6.56. The van der Waals surface area contributed by atoms with Gasteiger partial charge in [-0.1, -0.05) is 30.0 Å². The fraction of sp³-hybridized carbons (Fsp3) is 0.0714. The van der Waals surface area contributed by atoms with E-state index >= 15 is 0 Å². The van der Waals surface area contributed by atoms with Gasteiger partial charge in [0.15, 0.2) is 0 Å². The minimum Gasteiger partial charge on any atom is -0.478 e. The highest BCUT2D eigenvalue weighted by Crippen LogP contribution is 2.35. The first-order chi connectivity index (χ1) is 9.49. The van der Waals surface area contributed by atoms with E-state index in [4.69, 9.17) is 5.11 Å². The van der Waals surface area contributed by atoms with Crippen LogP contribution in [0.5, 0.6) is 0 Å². The lowest BCUT2D eigenvalue weighted by Gasteiger charge is -2.06. The molecular formula is C14H11NO4S. The Kier molecular flexibility index (Phi) is 4.05. The molecule has 102 valence electrons. The number of para-hydroxylation sites is 1. The number of hydrogen-bond acceptors (Lipinski definition) is 4. The van der Waals surface area contributed by atoms with Crippen LogP contribution >= 0.6 is 11.8 Å². The second-order valence-electron chi connectivity index (χ2n) is 4.11. The monoisotopic (exact) mass is 289 g/mol. The Morgan fingerprint density at radius 3 is 2.60 bits per heavy atom. The number of nitrogens with zero attached hydrogens (tertiary/aromatic N) is 1. The van der Waals surface area contributed by atoms with E-state index in [2.05, 4.69) is 0 Å². The van der Waals surface area contributed by atoms with Gasteiger partial charge in [-0.3, -0.25) is 10.1 Å². The molecule has 20 heavy (non-hydrogen) atoms. The van der Waals surface area contributed by atoms with Crippen molar-refractivity contribution in [2.45, 2.75) is 16.7 Å². The first kappa shape index (κ1) is 14.1. The standard InChI is InChI=1S/C14H11NO4S/c1-9-6-7-10(8-11(9)14(16)17)20-13-5-3-2-4-12(13)15(18)19/h2-8H,1H3,(H,16,17). The molecule has 2 rings (SSSR count). The van der Waals surface area contributed by atoms with Gasteiger partial charge in [-0.2, -0.15) is 0 Å². The maximum Gasteiger partial charge on any atom is 0.335 e. The molecule has 6 heteroatoms. The minimum absolute atomic E-state index is 0.00921. The highest BCUT2D eigenvalue weighted by Gasteiger charge is 2.15. The largest absolute Gasteiger partial charge is 0.478 e. The molecule has 1 N–H and O–H groups in total. The molecule has 2 aromatic carbocycles. The quantitative estimate of drug-likeness (QED) is 0.684. The van der Waals surface area contributed by atoms with Gasteiger partial charge >= 0.3 is 5.97 Å². The van der Waals surface area contributed by atoms with Crippen molar-refractivity contribution in [3.05, 3.63) is 63.7 Å². The Morgan fingerprint density at radius 1 is 1.25 bits per heavy atom. The van der Waals surface area contributed by atoms with Crippen molar-refractivity contribution in [2.24, 2.45) is 0 Å². The number of hydrogen-bond donors (Lipinski definition) is 1. The maximum atomic E-state index is 11.1. The lowest BCUT2D eigenvalue weighted by molar-refractivity contribution is -0.387. The summed E-state index contributed by atoms with van der Waals surface area (Å²) >= 11 is 1.18. The zero-order valence-electron chi connectivity index (χ0n) is 10.6. The SMILES string of the molecule is Cc1ccc(Sc2ccccc2[N+](=O)[O-])cc1C(=O)O. The Balaban J connectivity index is 2.38. The van der Waals surface area contributed by atoms with Crippen LogP contribution in [0.1, 0.15) is 15.9 Å². The third kappa shape index (κ3) is 2.97. The molecule has 0 aromatic heterocycles. The fourth-order valence-electron chi connectivity index (χ4n) is 1.72. The lowest BCUT2D eigenvalue weighted by Crippen LogP contribution is -1.99. The minimum atomic E-state index is -1.01. The number of carboxylic acid groups (broad SMARTS) is 1. The van der Waals surface area contributed by atoms with Crippen LogP contribution in [-0.2, 0) is 0 Å². The second-order valence-corrected chi connectivity index (χ2v) is 5.22. The van der Waals surface area contributed by atoms with Gasteiger partial charge in [0.25, 0.3) is 5.69 Å². The molecular weight excluding hydrogens is 278 g/mol. The molecule has 5 nitrogen and oxygen atoms in total. The highest BCUT2D eigenvalue weighted by molar-refractivity contribution is 7.99. The number of carbonyl (C=O) groups is 1. The van der Waals surface area contributed by atoms with Crippen LogP contribution in [-0.4, -0.2) is 16.0 Å². The number of rotatable bonds is 4. The number of carboxylic acids is 1. The van der Waals surface area contributed by atoms with Gasteiger partial charge in [0.2, 0.25) is 0 Å². The van der Waals surface area contributed by atoms with Crippen molar-refractivity contribution < 1.29 is 14.8 Å². The van der Waals surface area contributed by atoms with Crippen molar-refractivity contribution in [1.29, 1.82) is 0 Å². The fourth-order valence-corrected chi connectivity index (χ4v) is 2.68. The zero-order valence-corrected chi connectivity index (χ0v) is 11.4. The number of aromatic carboxylic acids is 1. The van der Waals surface area contributed by atoms with Gasteiger partial charge in [-0.25, -0.2) is 4.79 Å². The molecule has 0 aliphatic rings. The molecule has 0 aliphatic carbocycles. The smallest absolute Gasteiger partial charge is 0.335 e. The van der Waals surface area contributed by atoms with E-state index in [1.54, 1.807) is 37.3 Å². The van der Waals surface area contributed by atoms with E-state index in [0.29, 0.717) is 15.4 Å². The molecule has 0 radical (unpaired) electrons. The van der Waals surface area contributed by atoms with Crippen molar-refractivity contribution >= 4 is 23.4 Å². The summed E-state index contributed by atoms with van der Waals surface area (Å²) in [6.45, 7) is 1.71. The molecule has 0 unspecified atom stereocenters. The van der Waals surface area contributed by atoms with Crippen LogP contribution in [0.3, 0.4) is 0 Å². The summed E-state index contributed by atoms with van der Waals surface area (Å²) in [7, 11) is 0. The van der Waals surface area contributed by atoms with Crippen LogP contribution < -0.4 is 0 Å². The number of aryl methyl sites for hydroxylation is 1. The summed E-state index contributed by atoms with van der Waals surface area (Å²) < 4.78 is 0. The van der Waals surface area contributed by atoms with Crippen LogP contribution in [0.15, 0.2) is 52.3 Å². The van der Waals surface area contributed by atoms with Gasteiger partial charge in [-0.15, -0.1) is 0 Å². The Labute approximate surface area is 119 Å². The molecule has 2 aromatic rings. The normalized spacial score (nSPS) is 10.2. The predicted octanol–water partition coefficient (Wildman–Crippen LogP) is 3.75. The molecule has 0 saturated heterocycles. The summed E-state index contributed by atoms with van der Waals surface area (Å²) in [6, 6.07) is 11.3. The summed E-state index contributed by atoms with van der Waals surface area (Å²) in [5, 5.41) is 20.0. The van der Waals surface area contributed by atoms with Gasteiger partial charge < -0.3 is 5.11 Å².